The number of nitrogens with two attached hydrogens (primary N) is 1. The highest BCUT2D eigenvalue weighted by molar-refractivity contribution is 7.99. The van der Waals surface area contributed by atoms with Crippen LogP contribution in [0, 0.1) is 0 Å². The molecule has 2 heterocycles. The summed E-state index contributed by atoms with van der Waals surface area (Å²) in [6, 6.07) is 1.87. The molecule has 22 heavy (non-hydrogen) atoms. The summed E-state index contributed by atoms with van der Waals surface area (Å²) in [5.74, 6) is 0. The van der Waals surface area contributed by atoms with Gasteiger partial charge in [-0.05, 0) is 43.0 Å². The van der Waals surface area contributed by atoms with Gasteiger partial charge in [0.1, 0.15) is 4.21 Å². The summed E-state index contributed by atoms with van der Waals surface area (Å²) >= 11 is 2.88. The quantitative estimate of drug-likeness (QED) is 0.540. The zero-order valence-corrected chi connectivity index (χ0v) is 15.3. The predicted molar refractivity (Wildman–Crippen MR) is 90.6 cm³/mol. The van der Waals surface area contributed by atoms with E-state index in [9.17, 15) is 8.42 Å². The van der Waals surface area contributed by atoms with Crippen molar-refractivity contribution < 1.29 is 13.2 Å². The summed E-state index contributed by atoms with van der Waals surface area (Å²) in [7, 11) is -1.94. The monoisotopic (exact) mass is 365 g/mol. The lowest BCUT2D eigenvalue weighted by atomic mass is 10.1. The third kappa shape index (κ3) is 4.67. The minimum atomic E-state index is -3.64. The number of primary sulfonamides is 1. The van der Waals surface area contributed by atoms with Crippen LogP contribution in [0.15, 0.2) is 14.5 Å². The smallest absolute Gasteiger partial charge is 0.247 e. The topological polar surface area (TPSA) is 84.7 Å². The van der Waals surface area contributed by atoms with Gasteiger partial charge < -0.3 is 10.1 Å². The third-order valence-electron chi connectivity index (χ3n) is 3.35. The lowest BCUT2D eigenvalue weighted by Crippen LogP contribution is -2.35. The highest BCUT2D eigenvalue weighted by Gasteiger charge is 2.29. The largest absolute Gasteiger partial charge is 0.385 e. The van der Waals surface area contributed by atoms with Crippen molar-refractivity contribution in [2.24, 2.45) is 5.14 Å². The van der Waals surface area contributed by atoms with Crippen LogP contribution in [0.3, 0.4) is 0 Å². The fourth-order valence-corrected chi connectivity index (χ4v) is 5.86. The molecule has 9 heteroatoms. The maximum atomic E-state index is 11.6. The third-order valence-corrected chi connectivity index (χ3v) is 7.18. The SMILES string of the molecule is CCCN[C@H]1CN(CCCOC)Sc2sc(S(N)(=O)=O)cc21. The highest BCUT2D eigenvalue weighted by Crippen LogP contribution is 2.43. The van der Waals surface area contributed by atoms with Crippen LogP contribution < -0.4 is 10.5 Å². The average molecular weight is 366 g/mol. The molecule has 1 aromatic heterocycles. The first-order chi connectivity index (χ1) is 10.5. The summed E-state index contributed by atoms with van der Waals surface area (Å²) in [6.07, 6.45) is 1.99. The Labute approximate surface area is 140 Å². The lowest BCUT2D eigenvalue weighted by molar-refractivity contribution is 0.187. The number of fused-ring (bicyclic) bond motifs is 1. The Bertz CT molecular complexity index is 589. The van der Waals surface area contributed by atoms with Crippen molar-refractivity contribution >= 4 is 33.3 Å². The Morgan fingerprint density at radius 2 is 2.32 bits per heavy atom. The normalized spacial score (nSPS) is 19.3. The van der Waals surface area contributed by atoms with Crippen LogP contribution in [0.25, 0.3) is 0 Å². The molecule has 0 fully saturated rings. The number of rotatable bonds is 8. The molecule has 1 aromatic rings. The number of hydrogen-bond donors (Lipinski definition) is 2. The molecule has 0 bridgehead atoms. The van der Waals surface area contributed by atoms with Gasteiger partial charge in [-0.1, -0.05) is 6.92 Å². The minimum absolute atomic E-state index is 0.144. The van der Waals surface area contributed by atoms with E-state index < -0.39 is 10.0 Å². The summed E-state index contributed by atoms with van der Waals surface area (Å²) in [5.41, 5.74) is 1.05. The summed E-state index contributed by atoms with van der Waals surface area (Å²) in [5, 5.41) is 8.77. The second kappa shape index (κ2) is 8.09. The van der Waals surface area contributed by atoms with E-state index in [1.807, 2.05) is 0 Å². The van der Waals surface area contributed by atoms with E-state index in [2.05, 4.69) is 16.5 Å². The molecule has 0 aromatic carbocycles. The van der Waals surface area contributed by atoms with Crippen molar-refractivity contribution in [1.29, 1.82) is 0 Å². The molecule has 0 radical (unpaired) electrons. The molecule has 1 atom stereocenters. The van der Waals surface area contributed by atoms with Crippen molar-refractivity contribution in [2.75, 3.05) is 33.4 Å². The van der Waals surface area contributed by atoms with E-state index >= 15 is 0 Å². The van der Waals surface area contributed by atoms with Crippen LogP contribution >= 0.6 is 23.3 Å². The molecule has 126 valence electrons. The van der Waals surface area contributed by atoms with E-state index in [0.717, 1.165) is 48.9 Å². The molecule has 0 unspecified atom stereocenters. The summed E-state index contributed by atoms with van der Waals surface area (Å²) in [4.78, 5) is 0. The maximum Gasteiger partial charge on any atom is 0.247 e. The standard InChI is InChI=1S/C13H23N3O3S3/c1-3-5-15-11-9-16(6-4-7-19-2)21-13-10(11)8-12(20-13)22(14,17)18/h8,11,15H,3-7,9H2,1-2H3,(H2,14,17,18)/t11-/m0/s1. The molecule has 1 aliphatic rings. The number of sulfonamides is 1. The van der Waals surface area contributed by atoms with Gasteiger partial charge in [-0.2, -0.15) is 0 Å². The molecule has 0 saturated heterocycles. The van der Waals surface area contributed by atoms with E-state index in [-0.39, 0.29) is 10.3 Å². The van der Waals surface area contributed by atoms with Crippen LogP contribution in [0.1, 0.15) is 31.4 Å². The Morgan fingerprint density at radius 1 is 1.55 bits per heavy atom. The second-order valence-electron chi connectivity index (χ2n) is 5.19. The van der Waals surface area contributed by atoms with Crippen LogP contribution in [-0.4, -0.2) is 46.1 Å². The van der Waals surface area contributed by atoms with E-state index in [4.69, 9.17) is 9.88 Å². The van der Waals surface area contributed by atoms with Gasteiger partial charge in [0.05, 0.1) is 4.21 Å². The summed E-state index contributed by atoms with van der Waals surface area (Å²) < 4.78 is 31.8. The van der Waals surface area contributed by atoms with Crippen molar-refractivity contribution in [1.82, 2.24) is 9.62 Å². The van der Waals surface area contributed by atoms with E-state index in [0.29, 0.717) is 0 Å². The molecule has 0 amide bonds. The molecular weight excluding hydrogens is 342 g/mol. The zero-order chi connectivity index (χ0) is 16.2. The fraction of sp³-hybridized carbons (Fsp3) is 0.692. The number of ether oxygens (including phenoxy) is 1. The number of nitrogens with one attached hydrogen (secondary N) is 1. The molecule has 0 spiro atoms. The Morgan fingerprint density at radius 3 is 2.95 bits per heavy atom. The fourth-order valence-electron chi connectivity index (χ4n) is 2.29. The van der Waals surface area contributed by atoms with Gasteiger partial charge in [0, 0.05) is 32.8 Å². The van der Waals surface area contributed by atoms with Gasteiger partial charge in [-0.25, -0.2) is 17.9 Å². The highest BCUT2D eigenvalue weighted by atomic mass is 32.3. The lowest BCUT2D eigenvalue weighted by Gasteiger charge is -2.32. The van der Waals surface area contributed by atoms with Crippen LogP contribution in [0.5, 0.6) is 0 Å². The molecular formula is C13H23N3O3S3. The van der Waals surface area contributed by atoms with Crippen molar-refractivity contribution in [2.45, 2.75) is 34.2 Å². The average Bonchev–Trinajstić information content (AvgIpc) is 2.89. The van der Waals surface area contributed by atoms with Gasteiger partial charge in [0.25, 0.3) is 0 Å². The number of nitrogens with zero attached hydrogens (tertiary/aromatic N) is 1. The molecule has 3 N–H and O–H groups in total. The van der Waals surface area contributed by atoms with Gasteiger partial charge in [0.2, 0.25) is 10.0 Å². The zero-order valence-electron chi connectivity index (χ0n) is 12.9. The first kappa shape index (κ1) is 18.2. The first-order valence-corrected chi connectivity index (χ1v) is 10.4. The second-order valence-corrected chi connectivity index (χ2v) is 9.39. The Kier molecular flexibility index (Phi) is 6.69. The van der Waals surface area contributed by atoms with E-state index in [1.165, 1.54) is 11.3 Å². The van der Waals surface area contributed by atoms with Crippen molar-refractivity contribution in [3.05, 3.63) is 11.6 Å². The Hall–Kier alpha value is -0.160. The molecule has 1 aliphatic heterocycles. The summed E-state index contributed by atoms with van der Waals surface area (Å²) in [6.45, 7) is 5.50. The predicted octanol–water partition coefficient (Wildman–Crippen LogP) is 1.80. The number of hydrogen-bond acceptors (Lipinski definition) is 7. The number of thiophene rings is 1. The van der Waals surface area contributed by atoms with Gasteiger partial charge in [0.15, 0.2) is 0 Å². The van der Waals surface area contributed by atoms with E-state index in [1.54, 1.807) is 25.1 Å². The molecule has 0 aliphatic carbocycles. The van der Waals surface area contributed by atoms with Gasteiger partial charge >= 0.3 is 0 Å². The van der Waals surface area contributed by atoms with Gasteiger partial charge in [-0.15, -0.1) is 11.3 Å². The maximum absolute atomic E-state index is 11.6. The molecule has 6 nitrogen and oxygen atoms in total. The minimum Gasteiger partial charge on any atom is -0.385 e. The molecule has 0 saturated carbocycles. The van der Waals surface area contributed by atoms with Crippen LogP contribution in [0.4, 0.5) is 0 Å². The van der Waals surface area contributed by atoms with Gasteiger partial charge in [-0.3, -0.25) is 0 Å². The molecule has 2 rings (SSSR count). The first-order valence-electron chi connectivity index (χ1n) is 7.27. The van der Waals surface area contributed by atoms with Crippen LogP contribution in [-0.2, 0) is 14.8 Å². The van der Waals surface area contributed by atoms with Crippen molar-refractivity contribution in [3.63, 3.8) is 0 Å². The van der Waals surface area contributed by atoms with Crippen molar-refractivity contribution in [3.8, 4) is 0 Å². The van der Waals surface area contributed by atoms with Crippen LogP contribution in [0.2, 0.25) is 0 Å². The Balaban J connectivity index is 2.18. The number of methoxy groups -OCH3 is 1.